The van der Waals surface area contributed by atoms with Crippen LogP contribution in [0, 0.1) is 11.8 Å². The van der Waals surface area contributed by atoms with Crippen LogP contribution in [0.5, 0.6) is 0 Å². The van der Waals surface area contributed by atoms with E-state index in [4.69, 9.17) is 37.0 Å². The maximum atomic E-state index is 13.0. The van der Waals surface area contributed by atoms with E-state index in [0.29, 0.717) is 25.7 Å². The first-order chi connectivity index (χ1) is 43.9. The normalized spacial score (nSPS) is 14.4. The molecule has 0 saturated heterocycles. The van der Waals surface area contributed by atoms with E-state index in [2.05, 4.69) is 41.5 Å². The van der Waals surface area contributed by atoms with Gasteiger partial charge in [0.2, 0.25) is 0 Å². The van der Waals surface area contributed by atoms with E-state index in [1.807, 2.05) is 0 Å². The monoisotopic (exact) mass is 1340 g/mol. The van der Waals surface area contributed by atoms with Crippen molar-refractivity contribution in [3.05, 3.63) is 0 Å². The molecular weight excluding hydrogens is 1200 g/mol. The molecule has 0 aromatic heterocycles. The smallest absolute Gasteiger partial charge is 0.462 e. The molecule has 0 heterocycles. The van der Waals surface area contributed by atoms with Crippen LogP contribution in [0.1, 0.15) is 369 Å². The molecule has 0 rings (SSSR count). The van der Waals surface area contributed by atoms with Gasteiger partial charge in [-0.2, -0.15) is 0 Å². The van der Waals surface area contributed by atoms with Gasteiger partial charge in [-0.1, -0.05) is 318 Å². The average Bonchev–Trinajstić information content (AvgIpc) is 2.78. The summed E-state index contributed by atoms with van der Waals surface area (Å²) in [7, 11) is -9.90. The van der Waals surface area contributed by atoms with Gasteiger partial charge in [0.05, 0.1) is 26.4 Å². The summed E-state index contributed by atoms with van der Waals surface area (Å²) in [5, 5.41) is 10.6. The van der Waals surface area contributed by atoms with Gasteiger partial charge in [0, 0.05) is 25.7 Å². The number of aliphatic hydroxyl groups excluding tert-OH is 1. The third kappa shape index (κ3) is 65.1. The fourth-order valence-corrected chi connectivity index (χ4v) is 12.5. The zero-order valence-corrected chi connectivity index (χ0v) is 60.9. The zero-order chi connectivity index (χ0) is 67.2. The maximum absolute atomic E-state index is 13.0. The van der Waals surface area contributed by atoms with Crippen molar-refractivity contribution in [3.63, 3.8) is 0 Å². The van der Waals surface area contributed by atoms with Crippen molar-refractivity contribution >= 4 is 39.5 Å². The lowest BCUT2D eigenvalue weighted by atomic mass is 10.00. The number of carbonyl (C=O) groups is 4. The quantitative estimate of drug-likeness (QED) is 0.0222. The lowest BCUT2D eigenvalue weighted by Gasteiger charge is -2.21. The molecular formula is C72H140O17P2. The maximum Gasteiger partial charge on any atom is 0.472 e. The highest BCUT2D eigenvalue weighted by Crippen LogP contribution is 2.45. The van der Waals surface area contributed by atoms with Gasteiger partial charge in [-0.15, -0.1) is 0 Å². The second kappa shape index (κ2) is 64.1. The van der Waals surface area contributed by atoms with Crippen LogP contribution in [-0.4, -0.2) is 96.7 Å². The van der Waals surface area contributed by atoms with Gasteiger partial charge in [0.15, 0.2) is 12.2 Å². The molecule has 6 atom stereocenters. The SMILES string of the molecule is CCCCCCCCCCCCCCCCCCCC(=O)O[C@H](COC(=O)CCCCCCCCCCCCC(C)C)COP(=O)(O)OC[C@@H](O)COP(=O)(O)OC[C@@H](COC(=O)CCCCCCCCC(C)CC)OC(=O)CCCCCCCCCCCCC. The van der Waals surface area contributed by atoms with Gasteiger partial charge < -0.3 is 33.8 Å². The van der Waals surface area contributed by atoms with Crippen LogP contribution in [0.3, 0.4) is 0 Å². The number of ether oxygens (including phenoxy) is 4. The second-order valence-electron chi connectivity index (χ2n) is 26.7. The first kappa shape index (κ1) is 89.1. The molecule has 0 spiro atoms. The molecule has 0 aromatic rings. The van der Waals surface area contributed by atoms with Crippen molar-refractivity contribution in [1.82, 2.24) is 0 Å². The Bertz CT molecular complexity index is 1770. The molecule has 0 aliphatic rings. The Hall–Kier alpha value is -1.94. The number of phosphoric ester groups is 2. The number of hydrogen-bond acceptors (Lipinski definition) is 15. The number of hydrogen-bond donors (Lipinski definition) is 3. The highest BCUT2D eigenvalue weighted by molar-refractivity contribution is 7.47. The fourth-order valence-electron chi connectivity index (χ4n) is 10.9. The van der Waals surface area contributed by atoms with Gasteiger partial charge in [0.1, 0.15) is 19.3 Å². The summed E-state index contributed by atoms with van der Waals surface area (Å²) in [4.78, 5) is 72.6. The minimum absolute atomic E-state index is 0.106. The van der Waals surface area contributed by atoms with E-state index in [-0.39, 0.29) is 25.7 Å². The molecule has 0 aromatic carbocycles. The van der Waals surface area contributed by atoms with Crippen molar-refractivity contribution in [3.8, 4) is 0 Å². The lowest BCUT2D eigenvalue weighted by molar-refractivity contribution is -0.161. The molecule has 0 fully saturated rings. The van der Waals surface area contributed by atoms with Gasteiger partial charge in [0.25, 0.3) is 0 Å². The summed E-state index contributed by atoms with van der Waals surface area (Å²) in [6, 6.07) is 0. The minimum Gasteiger partial charge on any atom is -0.462 e. The molecule has 0 bridgehead atoms. The van der Waals surface area contributed by atoms with Crippen molar-refractivity contribution in [2.24, 2.45) is 11.8 Å². The van der Waals surface area contributed by atoms with Crippen molar-refractivity contribution in [2.75, 3.05) is 39.6 Å². The Morgan fingerprint density at radius 1 is 0.319 bits per heavy atom. The Labute approximate surface area is 556 Å². The molecule has 91 heavy (non-hydrogen) atoms. The fraction of sp³-hybridized carbons (Fsp3) is 0.944. The van der Waals surface area contributed by atoms with Crippen molar-refractivity contribution in [2.45, 2.75) is 387 Å². The summed E-state index contributed by atoms with van der Waals surface area (Å²) in [5.74, 6) is -0.631. The largest absolute Gasteiger partial charge is 0.472 e. The van der Waals surface area contributed by atoms with E-state index in [1.54, 1.807) is 0 Å². The van der Waals surface area contributed by atoms with E-state index in [0.717, 1.165) is 108 Å². The molecule has 3 unspecified atom stereocenters. The molecule has 17 nitrogen and oxygen atoms in total. The molecule has 0 saturated carbocycles. The summed E-state index contributed by atoms with van der Waals surface area (Å²) in [6.07, 6.45) is 49.9. The summed E-state index contributed by atoms with van der Waals surface area (Å²) in [5.41, 5.74) is 0. The van der Waals surface area contributed by atoms with Gasteiger partial charge in [-0.3, -0.25) is 37.3 Å². The van der Waals surface area contributed by atoms with Crippen LogP contribution in [-0.2, 0) is 65.4 Å². The third-order valence-corrected chi connectivity index (χ3v) is 19.0. The topological polar surface area (TPSA) is 237 Å². The van der Waals surface area contributed by atoms with Crippen LogP contribution >= 0.6 is 15.6 Å². The zero-order valence-electron chi connectivity index (χ0n) is 59.1. The second-order valence-corrected chi connectivity index (χ2v) is 29.6. The first-order valence-electron chi connectivity index (χ1n) is 37.5. The standard InChI is InChI=1S/C72H140O17P2/c1-7-10-12-14-16-18-20-21-22-23-24-25-27-33-37-45-51-57-72(77)88-67(60-82-69(74)54-48-42-35-31-29-28-30-34-40-46-52-64(4)5)62-86-90(78,79)84-58-66(73)59-85-91(80,81)87-63-68(61-83-70(75)55-49-43-39-38-41-47-53-65(6)9-3)89-71(76)56-50-44-36-32-26-19-17-15-13-11-8-2/h64-68,73H,7-63H2,1-6H3,(H,78,79)(H,80,81)/t65?,66-,67-,68-/m1/s1. The predicted octanol–water partition coefficient (Wildman–Crippen LogP) is 20.8. The first-order valence-corrected chi connectivity index (χ1v) is 40.5. The van der Waals surface area contributed by atoms with E-state index in [9.17, 15) is 43.2 Å². The van der Waals surface area contributed by atoms with Crippen LogP contribution in [0.2, 0.25) is 0 Å². The summed E-state index contributed by atoms with van der Waals surface area (Å²) >= 11 is 0. The molecule has 0 aliphatic heterocycles. The molecule has 0 amide bonds. The van der Waals surface area contributed by atoms with Gasteiger partial charge in [-0.25, -0.2) is 9.13 Å². The summed E-state index contributed by atoms with van der Waals surface area (Å²) < 4.78 is 68.4. The van der Waals surface area contributed by atoms with Gasteiger partial charge in [-0.05, 0) is 37.5 Å². The average molecular weight is 1340 g/mol. The molecule has 0 radical (unpaired) electrons. The van der Waals surface area contributed by atoms with Crippen LogP contribution < -0.4 is 0 Å². The van der Waals surface area contributed by atoms with Crippen LogP contribution in [0.15, 0.2) is 0 Å². The van der Waals surface area contributed by atoms with Crippen molar-refractivity contribution < 1.29 is 80.2 Å². The summed E-state index contributed by atoms with van der Waals surface area (Å²) in [6.45, 7) is 9.52. The molecule has 0 aliphatic carbocycles. The Morgan fingerprint density at radius 2 is 0.560 bits per heavy atom. The number of aliphatic hydroxyl groups is 1. The van der Waals surface area contributed by atoms with Crippen molar-refractivity contribution in [1.29, 1.82) is 0 Å². The Balaban J connectivity index is 5.24. The number of esters is 4. The molecule has 19 heteroatoms. The predicted molar refractivity (Wildman–Crippen MR) is 368 cm³/mol. The molecule has 540 valence electrons. The lowest BCUT2D eigenvalue weighted by Crippen LogP contribution is -2.30. The van der Waals surface area contributed by atoms with E-state index >= 15 is 0 Å². The highest BCUT2D eigenvalue weighted by atomic mass is 31.2. The number of rotatable bonds is 71. The third-order valence-electron chi connectivity index (χ3n) is 17.1. The molecule has 3 N–H and O–H groups in total. The van der Waals surface area contributed by atoms with Crippen LogP contribution in [0.25, 0.3) is 0 Å². The number of phosphoric acid groups is 2. The highest BCUT2D eigenvalue weighted by Gasteiger charge is 2.30. The Kier molecular flexibility index (Phi) is 62.7. The minimum atomic E-state index is -4.95. The van der Waals surface area contributed by atoms with E-state index in [1.165, 1.54) is 180 Å². The van der Waals surface area contributed by atoms with E-state index < -0.39 is 97.5 Å². The van der Waals surface area contributed by atoms with Gasteiger partial charge >= 0.3 is 39.5 Å². The van der Waals surface area contributed by atoms with Crippen LogP contribution in [0.4, 0.5) is 0 Å². The number of carbonyl (C=O) groups excluding carboxylic acids is 4. The Morgan fingerprint density at radius 3 is 0.835 bits per heavy atom. The number of unbranched alkanes of at least 4 members (excludes halogenated alkanes) is 40.